The molecular weight excluding hydrogens is 553 g/mol. The van der Waals surface area contributed by atoms with Gasteiger partial charge in [0.25, 0.3) is 0 Å². The van der Waals surface area contributed by atoms with Crippen molar-refractivity contribution in [2.45, 2.75) is 53.9 Å². The number of nitrogens with two attached hydrogens (primary N) is 1. The Hall–Kier alpha value is -2.53. The Balaban J connectivity index is 1.13. The van der Waals surface area contributed by atoms with E-state index < -0.39 is 6.17 Å². The summed E-state index contributed by atoms with van der Waals surface area (Å²) in [6.07, 6.45) is 2.58. The first kappa shape index (κ1) is 25.2. The van der Waals surface area contributed by atoms with Gasteiger partial charge in [-0.05, 0) is 25.8 Å². The normalized spacial score (nSPS) is 30.1. The molecule has 6 aliphatic heterocycles. The van der Waals surface area contributed by atoms with Crippen LogP contribution in [0.2, 0.25) is 0 Å². The molecule has 40 heavy (non-hydrogen) atoms. The van der Waals surface area contributed by atoms with Crippen LogP contribution in [-0.4, -0.2) is 91.8 Å². The molecule has 10 nitrogen and oxygen atoms in total. The van der Waals surface area contributed by atoms with Crippen LogP contribution in [0.1, 0.15) is 41.7 Å². The molecule has 4 saturated heterocycles. The number of ether oxygens (including phenoxy) is 3. The van der Waals surface area contributed by atoms with Gasteiger partial charge in [-0.25, -0.2) is 4.39 Å². The predicted octanol–water partition coefficient (Wildman–Crippen LogP) is 2.90. The number of alkyl halides is 1. The van der Waals surface area contributed by atoms with Gasteiger partial charge in [-0.15, -0.1) is 23.1 Å². The van der Waals surface area contributed by atoms with Crippen molar-refractivity contribution in [2.24, 2.45) is 0 Å². The van der Waals surface area contributed by atoms with Crippen molar-refractivity contribution < 1.29 is 18.6 Å². The second-order valence-electron chi connectivity index (χ2n) is 11.8. The van der Waals surface area contributed by atoms with Crippen LogP contribution in [0.5, 0.6) is 11.8 Å². The number of nitrogens with zero attached hydrogens (tertiary/aromatic N) is 6. The Bertz CT molecular complexity index is 1400. The number of nitrogen functional groups attached to an aromatic ring is 1. The van der Waals surface area contributed by atoms with Gasteiger partial charge < -0.3 is 29.7 Å². The molecule has 1 spiro atoms. The zero-order valence-electron chi connectivity index (χ0n) is 22.2. The summed E-state index contributed by atoms with van der Waals surface area (Å²) in [4.78, 5) is 17.8. The number of fused-ring (bicyclic) bond motifs is 6. The summed E-state index contributed by atoms with van der Waals surface area (Å²) in [7, 11) is 0. The maximum atomic E-state index is 14.4. The molecule has 2 aromatic rings. The highest BCUT2D eigenvalue weighted by Crippen LogP contribution is 2.59. The van der Waals surface area contributed by atoms with E-state index in [0.717, 1.165) is 55.3 Å². The first-order valence-corrected chi connectivity index (χ1v) is 15.9. The van der Waals surface area contributed by atoms with Crippen LogP contribution in [-0.2, 0) is 15.2 Å². The second kappa shape index (κ2) is 9.24. The van der Waals surface area contributed by atoms with Gasteiger partial charge in [0.05, 0.1) is 28.5 Å². The number of rotatable bonds is 4. The summed E-state index contributed by atoms with van der Waals surface area (Å²) in [5, 5.41) is 10.4. The molecule has 4 fully saturated rings. The van der Waals surface area contributed by atoms with Gasteiger partial charge >= 0.3 is 6.01 Å². The van der Waals surface area contributed by atoms with Crippen LogP contribution in [0, 0.1) is 11.3 Å². The SMILES string of the molecule is N#Cc1c(N)sc2c1C1(CN(c3nc(OC[C@@]45CCCN4C[C@H](F)C5)nc4c3OC[C@@H]3COCCCN43)C1)SC2. The van der Waals surface area contributed by atoms with Crippen molar-refractivity contribution in [3.63, 3.8) is 0 Å². The highest BCUT2D eigenvalue weighted by molar-refractivity contribution is 8.00. The number of thioether (sulfide) groups is 1. The van der Waals surface area contributed by atoms with E-state index in [1.54, 1.807) is 0 Å². The molecule has 2 aromatic heterocycles. The lowest BCUT2D eigenvalue weighted by Gasteiger charge is -2.49. The Labute approximate surface area is 240 Å². The molecule has 6 aliphatic rings. The number of anilines is 3. The smallest absolute Gasteiger partial charge is 0.320 e. The van der Waals surface area contributed by atoms with Crippen LogP contribution >= 0.6 is 23.1 Å². The molecule has 0 saturated carbocycles. The summed E-state index contributed by atoms with van der Waals surface area (Å²) in [5.74, 6) is 3.02. The summed E-state index contributed by atoms with van der Waals surface area (Å²) >= 11 is 3.42. The topological polar surface area (TPSA) is 113 Å². The molecule has 0 aliphatic carbocycles. The molecule has 8 heterocycles. The first-order valence-electron chi connectivity index (χ1n) is 14.1. The standard InChI is InChI=1S/C27H32FN7O3S2/c28-16-7-26(3-1-4-34(26)9-16)15-38-25-31-23(21-24(32-25)35-5-2-6-36-10-17(35)11-37-21)33-13-27(14-33)20-18(8-29)22(30)40-19(20)12-39-27/h16-17H,1-7,9-15,30H2/t16-,17+,26+/m1/s1. The van der Waals surface area contributed by atoms with E-state index in [-0.39, 0.29) is 16.3 Å². The fourth-order valence-corrected chi connectivity index (χ4v) is 10.3. The van der Waals surface area contributed by atoms with E-state index in [9.17, 15) is 9.65 Å². The molecule has 0 radical (unpaired) electrons. The van der Waals surface area contributed by atoms with Crippen LogP contribution in [0.15, 0.2) is 0 Å². The van der Waals surface area contributed by atoms with Crippen LogP contribution in [0.4, 0.5) is 21.0 Å². The zero-order valence-corrected chi connectivity index (χ0v) is 23.9. The van der Waals surface area contributed by atoms with Gasteiger partial charge in [0.1, 0.15) is 30.5 Å². The van der Waals surface area contributed by atoms with Gasteiger partial charge in [0, 0.05) is 55.4 Å². The minimum atomic E-state index is -0.814. The molecule has 0 aromatic carbocycles. The van der Waals surface area contributed by atoms with Crippen molar-refractivity contribution in [1.29, 1.82) is 5.26 Å². The second-order valence-corrected chi connectivity index (χ2v) is 14.3. The molecule has 0 bridgehead atoms. The Morgan fingerprint density at radius 1 is 1.20 bits per heavy atom. The van der Waals surface area contributed by atoms with E-state index in [0.29, 0.717) is 74.8 Å². The molecule has 2 N–H and O–H groups in total. The fourth-order valence-electron chi connectivity index (χ4n) is 7.52. The minimum Gasteiger partial charge on any atom is -0.484 e. The van der Waals surface area contributed by atoms with Crippen molar-refractivity contribution >= 4 is 39.7 Å². The van der Waals surface area contributed by atoms with Gasteiger partial charge in [-0.2, -0.15) is 15.2 Å². The lowest BCUT2D eigenvalue weighted by atomic mass is 9.88. The summed E-state index contributed by atoms with van der Waals surface area (Å²) in [5.41, 5.74) is 7.65. The van der Waals surface area contributed by atoms with Crippen molar-refractivity contribution in [1.82, 2.24) is 14.9 Å². The maximum absolute atomic E-state index is 14.4. The summed E-state index contributed by atoms with van der Waals surface area (Å²) in [6, 6.07) is 2.74. The average Bonchev–Trinajstić information content (AvgIpc) is 3.59. The number of halogens is 1. The minimum absolute atomic E-state index is 0.0827. The molecule has 0 amide bonds. The zero-order chi connectivity index (χ0) is 27.1. The predicted molar refractivity (Wildman–Crippen MR) is 151 cm³/mol. The Kier molecular flexibility index (Phi) is 5.82. The monoisotopic (exact) mass is 585 g/mol. The third-order valence-corrected chi connectivity index (χ3v) is 12.1. The van der Waals surface area contributed by atoms with E-state index >= 15 is 0 Å². The van der Waals surface area contributed by atoms with Crippen LogP contribution < -0.4 is 25.0 Å². The van der Waals surface area contributed by atoms with Gasteiger partial charge in [0.15, 0.2) is 11.6 Å². The van der Waals surface area contributed by atoms with Crippen molar-refractivity contribution in [3.05, 3.63) is 16.0 Å². The van der Waals surface area contributed by atoms with E-state index in [4.69, 9.17) is 29.9 Å². The lowest BCUT2D eigenvalue weighted by molar-refractivity contribution is 0.105. The van der Waals surface area contributed by atoms with Gasteiger partial charge in [0.2, 0.25) is 5.75 Å². The summed E-state index contributed by atoms with van der Waals surface area (Å²) < 4.78 is 32.7. The van der Waals surface area contributed by atoms with Crippen molar-refractivity contribution in [2.75, 3.05) is 74.7 Å². The number of hydrogen-bond acceptors (Lipinski definition) is 12. The largest absolute Gasteiger partial charge is 0.484 e. The third-order valence-electron chi connectivity index (χ3n) is 9.42. The first-order chi connectivity index (χ1) is 19.5. The lowest BCUT2D eigenvalue weighted by Crippen LogP contribution is -2.57. The van der Waals surface area contributed by atoms with E-state index in [2.05, 4.69) is 20.8 Å². The summed E-state index contributed by atoms with van der Waals surface area (Å²) in [6.45, 7) is 5.82. The Morgan fingerprint density at radius 2 is 2.08 bits per heavy atom. The quantitative estimate of drug-likeness (QED) is 0.572. The number of hydrogen-bond donors (Lipinski definition) is 1. The number of nitriles is 1. The molecular formula is C27H32FN7O3S2. The van der Waals surface area contributed by atoms with Crippen LogP contribution in [0.25, 0.3) is 0 Å². The van der Waals surface area contributed by atoms with Gasteiger partial charge in [-0.1, -0.05) is 0 Å². The molecule has 13 heteroatoms. The van der Waals surface area contributed by atoms with E-state index in [1.807, 2.05) is 11.8 Å². The molecule has 3 atom stereocenters. The number of aromatic nitrogens is 2. The van der Waals surface area contributed by atoms with Crippen molar-refractivity contribution in [3.8, 4) is 17.8 Å². The highest BCUT2D eigenvalue weighted by atomic mass is 32.2. The van der Waals surface area contributed by atoms with Gasteiger partial charge in [-0.3, -0.25) is 4.90 Å². The molecule has 8 rings (SSSR count). The Morgan fingerprint density at radius 3 is 2.95 bits per heavy atom. The average molecular weight is 586 g/mol. The van der Waals surface area contributed by atoms with Crippen LogP contribution in [0.3, 0.4) is 0 Å². The highest BCUT2D eigenvalue weighted by Gasteiger charge is 2.54. The molecule has 212 valence electrons. The molecule has 0 unspecified atom stereocenters. The third kappa shape index (κ3) is 3.72. The van der Waals surface area contributed by atoms with E-state index in [1.165, 1.54) is 16.2 Å². The number of thiophene rings is 1. The maximum Gasteiger partial charge on any atom is 0.320 e. The fraction of sp³-hybridized carbons (Fsp3) is 0.667.